The highest BCUT2D eigenvalue weighted by molar-refractivity contribution is 7.17. The summed E-state index contributed by atoms with van der Waals surface area (Å²) in [5.74, 6) is -0.0459. The van der Waals surface area contributed by atoms with E-state index in [-0.39, 0.29) is 11.7 Å². The first kappa shape index (κ1) is 16.0. The first-order valence-electron chi connectivity index (χ1n) is 7.50. The number of hydrogen-bond acceptors (Lipinski definition) is 3. The molecule has 0 bridgehead atoms. The number of rotatable bonds is 5. The van der Waals surface area contributed by atoms with E-state index in [0.29, 0.717) is 17.0 Å². The van der Waals surface area contributed by atoms with Gasteiger partial charge in [0, 0.05) is 17.0 Å². The van der Waals surface area contributed by atoms with Crippen molar-refractivity contribution in [2.75, 3.05) is 0 Å². The van der Waals surface area contributed by atoms with Crippen molar-refractivity contribution in [2.24, 2.45) is 5.73 Å². The van der Waals surface area contributed by atoms with Crippen LogP contribution in [-0.4, -0.2) is 11.7 Å². The van der Waals surface area contributed by atoms with Crippen molar-refractivity contribution >= 4 is 23.1 Å². The van der Waals surface area contributed by atoms with E-state index in [0.717, 1.165) is 16.0 Å². The van der Waals surface area contributed by atoms with Gasteiger partial charge in [-0.1, -0.05) is 54.6 Å². The van der Waals surface area contributed by atoms with Crippen LogP contribution in [0.2, 0.25) is 0 Å². The van der Waals surface area contributed by atoms with Crippen molar-refractivity contribution in [3.05, 3.63) is 82.7 Å². The molecule has 0 radical (unpaired) electrons. The Hall–Kier alpha value is -2.92. The number of nitrogens with one attached hydrogen (secondary N) is 2. The van der Waals surface area contributed by atoms with Crippen molar-refractivity contribution < 1.29 is 4.79 Å². The van der Waals surface area contributed by atoms with E-state index in [1.54, 1.807) is 12.1 Å². The quantitative estimate of drug-likeness (QED) is 0.492. The summed E-state index contributed by atoms with van der Waals surface area (Å²) in [6, 6.07) is 21.1. The van der Waals surface area contributed by atoms with E-state index in [9.17, 15) is 4.79 Å². The summed E-state index contributed by atoms with van der Waals surface area (Å²) in [6.07, 6.45) is 0. The lowest BCUT2D eigenvalue weighted by molar-refractivity contribution is 0.0955. The third-order valence-electron chi connectivity index (χ3n) is 3.61. The van der Waals surface area contributed by atoms with Gasteiger partial charge in [0.15, 0.2) is 0 Å². The maximum atomic E-state index is 12.3. The SMILES string of the molecule is N=C(N)c1ccc(CNC(=O)c2ccc(-c3ccccc3)s2)cc1. The zero-order valence-electron chi connectivity index (χ0n) is 13.0. The minimum absolute atomic E-state index is 0.0395. The number of amidine groups is 1. The zero-order valence-corrected chi connectivity index (χ0v) is 13.8. The van der Waals surface area contributed by atoms with Crippen molar-refractivity contribution in [1.82, 2.24) is 5.32 Å². The maximum Gasteiger partial charge on any atom is 0.261 e. The van der Waals surface area contributed by atoms with Crippen molar-refractivity contribution in [3.63, 3.8) is 0 Å². The summed E-state index contributed by atoms with van der Waals surface area (Å²) in [7, 11) is 0. The molecule has 120 valence electrons. The van der Waals surface area contributed by atoms with Gasteiger partial charge in [-0.3, -0.25) is 10.2 Å². The van der Waals surface area contributed by atoms with E-state index in [1.165, 1.54) is 11.3 Å². The van der Waals surface area contributed by atoms with E-state index in [4.69, 9.17) is 11.1 Å². The highest BCUT2D eigenvalue weighted by Gasteiger charge is 2.10. The minimum Gasteiger partial charge on any atom is -0.384 e. The van der Waals surface area contributed by atoms with E-state index >= 15 is 0 Å². The molecule has 0 fully saturated rings. The van der Waals surface area contributed by atoms with Crippen molar-refractivity contribution in [1.29, 1.82) is 5.41 Å². The summed E-state index contributed by atoms with van der Waals surface area (Å²) in [4.78, 5) is 14.0. The standard InChI is InChI=1S/C19H17N3OS/c20-18(21)15-8-6-13(7-9-15)12-22-19(23)17-11-10-16(24-17)14-4-2-1-3-5-14/h1-11H,12H2,(H3,20,21)(H,22,23). The number of benzene rings is 2. The van der Waals surface area contributed by atoms with Gasteiger partial charge in [0.1, 0.15) is 5.84 Å². The molecule has 3 aromatic rings. The molecule has 0 saturated carbocycles. The third-order valence-corrected chi connectivity index (χ3v) is 4.74. The molecule has 1 aromatic heterocycles. The molecule has 0 aliphatic heterocycles. The van der Waals surface area contributed by atoms with E-state index in [1.807, 2.05) is 54.6 Å². The van der Waals surface area contributed by atoms with Crippen LogP contribution in [0.4, 0.5) is 0 Å². The molecule has 0 aliphatic rings. The molecule has 0 aliphatic carbocycles. The molecule has 4 nitrogen and oxygen atoms in total. The fourth-order valence-electron chi connectivity index (χ4n) is 2.29. The topological polar surface area (TPSA) is 79.0 Å². The number of amides is 1. The lowest BCUT2D eigenvalue weighted by Crippen LogP contribution is -2.21. The largest absolute Gasteiger partial charge is 0.384 e. The van der Waals surface area contributed by atoms with Crippen LogP contribution in [0.5, 0.6) is 0 Å². The second kappa shape index (κ2) is 7.10. The van der Waals surface area contributed by atoms with Gasteiger partial charge in [-0.05, 0) is 23.3 Å². The molecular weight excluding hydrogens is 318 g/mol. The number of hydrogen-bond donors (Lipinski definition) is 3. The molecule has 1 heterocycles. The number of nitrogens with two attached hydrogens (primary N) is 1. The predicted octanol–water partition coefficient (Wildman–Crippen LogP) is 3.63. The van der Waals surface area contributed by atoms with Crippen LogP contribution in [0.3, 0.4) is 0 Å². The smallest absolute Gasteiger partial charge is 0.261 e. The second-order valence-corrected chi connectivity index (χ2v) is 6.41. The maximum absolute atomic E-state index is 12.3. The van der Waals surface area contributed by atoms with Crippen LogP contribution in [0, 0.1) is 5.41 Å². The van der Waals surface area contributed by atoms with Gasteiger partial charge in [0.2, 0.25) is 0 Å². The van der Waals surface area contributed by atoms with Gasteiger partial charge in [0.05, 0.1) is 4.88 Å². The van der Waals surface area contributed by atoms with Gasteiger partial charge in [-0.15, -0.1) is 11.3 Å². The molecule has 3 rings (SSSR count). The monoisotopic (exact) mass is 335 g/mol. The highest BCUT2D eigenvalue weighted by Crippen LogP contribution is 2.27. The number of carbonyl (C=O) groups is 1. The summed E-state index contributed by atoms with van der Waals surface area (Å²) < 4.78 is 0. The summed E-state index contributed by atoms with van der Waals surface area (Å²) in [5, 5.41) is 10.3. The molecule has 0 unspecified atom stereocenters. The minimum atomic E-state index is -0.0853. The lowest BCUT2D eigenvalue weighted by Gasteiger charge is -2.05. The Morgan fingerprint density at radius 1 is 1.00 bits per heavy atom. The van der Waals surface area contributed by atoms with Crippen LogP contribution in [0.25, 0.3) is 10.4 Å². The average molecular weight is 335 g/mol. The van der Waals surface area contributed by atoms with Gasteiger partial charge in [-0.2, -0.15) is 0 Å². The molecule has 0 atom stereocenters. The lowest BCUT2D eigenvalue weighted by atomic mass is 10.1. The first-order valence-corrected chi connectivity index (χ1v) is 8.32. The molecule has 1 amide bonds. The van der Waals surface area contributed by atoms with Gasteiger partial charge < -0.3 is 11.1 Å². The normalized spacial score (nSPS) is 10.3. The molecule has 2 aromatic carbocycles. The molecule has 0 spiro atoms. The fourth-order valence-corrected chi connectivity index (χ4v) is 3.22. The van der Waals surface area contributed by atoms with Gasteiger partial charge >= 0.3 is 0 Å². The van der Waals surface area contributed by atoms with E-state index in [2.05, 4.69) is 5.32 Å². The fraction of sp³-hybridized carbons (Fsp3) is 0.0526. The Bertz CT molecular complexity index is 854. The zero-order chi connectivity index (χ0) is 16.9. The molecular formula is C19H17N3OS. The number of nitrogen functional groups attached to an aromatic ring is 1. The second-order valence-electron chi connectivity index (χ2n) is 5.32. The van der Waals surface area contributed by atoms with Crippen LogP contribution >= 0.6 is 11.3 Å². The highest BCUT2D eigenvalue weighted by atomic mass is 32.1. The molecule has 24 heavy (non-hydrogen) atoms. The summed E-state index contributed by atoms with van der Waals surface area (Å²) in [6.45, 7) is 0.440. The van der Waals surface area contributed by atoms with Crippen LogP contribution < -0.4 is 11.1 Å². The Balaban J connectivity index is 1.63. The van der Waals surface area contributed by atoms with Crippen LogP contribution in [-0.2, 0) is 6.54 Å². The average Bonchev–Trinajstić information content (AvgIpc) is 3.11. The number of thiophene rings is 1. The molecule has 0 saturated heterocycles. The van der Waals surface area contributed by atoms with E-state index < -0.39 is 0 Å². The molecule has 4 N–H and O–H groups in total. The third kappa shape index (κ3) is 3.70. The van der Waals surface area contributed by atoms with Crippen molar-refractivity contribution in [2.45, 2.75) is 6.54 Å². The van der Waals surface area contributed by atoms with Crippen LogP contribution in [0.1, 0.15) is 20.8 Å². The van der Waals surface area contributed by atoms with Gasteiger partial charge in [0.25, 0.3) is 5.91 Å². The number of carbonyl (C=O) groups excluding carboxylic acids is 1. The van der Waals surface area contributed by atoms with Crippen molar-refractivity contribution in [3.8, 4) is 10.4 Å². The summed E-state index contributed by atoms with van der Waals surface area (Å²) >= 11 is 1.48. The molecule has 5 heteroatoms. The summed E-state index contributed by atoms with van der Waals surface area (Å²) in [5.41, 5.74) is 8.18. The predicted molar refractivity (Wildman–Crippen MR) is 98.4 cm³/mol. The Morgan fingerprint density at radius 2 is 1.71 bits per heavy atom. The first-order chi connectivity index (χ1) is 11.6. The Kier molecular flexibility index (Phi) is 4.72. The van der Waals surface area contributed by atoms with Gasteiger partial charge in [-0.25, -0.2) is 0 Å². The Morgan fingerprint density at radius 3 is 2.38 bits per heavy atom. The van der Waals surface area contributed by atoms with Crippen LogP contribution in [0.15, 0.2) is 66.7 Å². The Labute approximate surface area is 144 Å².